The number of aliphatic hydroxyl groups is 2. The number of esters is 3. The molecule has 97 heavy (non-hydrogen) atoms. The van der Waals surface area contributed by atoms with Crippen LogP contribution in [0, 0.1) is 6.92 Å². The minimum Gasteiger partial charge on any atom is -0.493 e. The highest BCUT2D eigenvalue weighted by atomic mass is 32.2. The van der Waals surface area contributed by atoms with Crippen LogP contribution in [0.5, 0.6) is 34.5 Å². The first-order valence-corrected chi connectivity index (χ1v) is 31.2. The summed E-state index contributed by atoms with van der Waals surface area (Å²) in [6.45, 7) is 3.04. The average Bonchev–Trinajstić information content (AvgIpc) is 1.63. The summed E-state index contributed by atoms with van der Waals surface area (Å²) in [5.41, 5.74) is 11.1. The van der Waals surface area contributed by atoms with E-state index in [9.17, 15) is 32.4 Å². The molecule has 11 rings (SSSR count). The standard InChI is InChI=1S/C45H38N4O8.C13H18O6S.C11H14O5.4CH4/c1-26-12-34-36(46-21-31-16-29-8-4-6-10-38(29)48(31)44(34)51)19-40(26)56-23-27-13-28(15-33(14-27)55-25-43(50)54-3)24-57-42-20-37-35(18-41(42)53-2)45(52)49-32(22-47-37)17-30-9-5-7-11-39(30)49;1-4-10-5-11(8-19-20(3,15)16)7-12(6-10)18-9-13(14)17-2;1-15-11(14)7-16-10-3-8(5-12)2-9(4-10)6-13;;;;/h4-15,18-22,31-32H,16-17,23-25H2,1-3H3;5-7H,4,8-9H2,1-3H3;2-4,12-13H,5-7H2,1H3;4*1H4/t31-,32-;;;;;;/m0....../s1. The van der Waals surface area contributed by atoms with Crippen LogP contribution in [0.15, 0.2) is 137 Å². The molecule has 518 valence electrons. The molecule has 7 aromatic carbocycles. The Bertz CT molecular complexity index is 4090. The number of carbonyl (C=O) groups is 5. The van der Waals surface area contributed by atoms with Gasteiger partial charge in [0.2, 0.25) is 0 Å². The maximum atomic E-state index is 13.9. The number of amides is 2. The first kappa shape index (κ1) is 77.6. The highest BCUT2D eigenvalue weighted by Crippen LogP contribution is 2.42. The summed E-state index contributed by atoms with van der Waals surface area (Å²) in [6.07, 6.45) is 6.79. The normalized spacial score (nSPS) is 13.9. The Hall–Kier alpha value is -10.1. The molecule has 0 fully saturated rings. The van der Waals surface area contributed by atoms with E-state index in [0.29, 0.717) is 86.5 Å². The largest absolute Gasteiger partial charge is 0.493 e. The monoisotopic (exact) mass is 1350 g/mol. The summed E-state index contributed by atoms with van der Waals surface area (Å²) in [5.74, 6) is 0.927. The lowest BCUT2D eigenvalue weighted by atomic mass is 10.1. The molecule has 24 heteroatoms. The first-order valence-electron chi connectivity index (χ1n) is 29.4. The molecule has 23 nitrogen and oxygen atoms in total. The smallest absolute Gasteiger partial charge is 0.343 e. The Labute approximate surface area is 567 Å². The van der Waals surface area contributed by atoms with Crippen molar-refractivity contribution >= 4 is 75.0 Å². The molecule has 0 unspecified atom stereocenters. The Morgan fingerprint density at radius 3 is 1.33 bits per heavy atom. The van der Waals surface area contributed by atoms with E-state index in [4.69, 9.17) is 57.5 Å². The summed E-state index contributed by atoms with van der Waals surface area (Å²) in [6, 6.07) is 38.1. The Morgan fingerprint density at radius 2 is 0.897 bits per heavy atom. The molecule has 0 radical (unpaired) electrons. The minimum absolute atomic E-state index is 0. The van der Waals surface area contributed by atoms with Crippen LogP contribution in [0.2, 0.25) is 0 Å². The van der Waals surface area contributed by atoms with Crippen molar-refractivity contribution in [1.82, 2.24) is 0 Å². The second kappa shape index (κ2) is 35.6. The zero-order valence-electron chi connectivity index (χ0n) is 52.2. The van der Waals surface area contributed by atoms with Crippen LogP contribution in [0.25, 0.3) is 0 Å². The highest BCUT2D eigenvalue weighted by Gasteiger charge is 2.38. The first-order chi connectivity index (χ1) is 44.8. The van der Waals surface area contributed by atoms with Crippen LogP contribution in [0.3, 0.4) is 0 Å². The second-order valence-corrected chi connectivity index (χ2v) is 23.3. The zero-order valence-corrected chi connectivity index (χ0v) is 53.1. The van der Waals surface area contributed by atoms with Gasteiger partial charge in [0.15, 0.2) is 31.3 Å². The molecule has 0 aliphatic carbocycles. The molecule has 0 aromatic heterocycles. The molecule has 0 bridgehead atoms. The topological polar surface area (TPSA) is 283 Å². The number of aliphatic hydroxyl groups excluding tert-OH is 2. The highest BCUT2D eigenvalue weighted by molar-refractivity contribution is 7.85. The number of benzene rings is 7. The maximum Gasteiger partial charge on any atom is 0.343 e. The van der Waals surface area contributed by atoms with Crippen molar-refractivity contribution < 1.29 is 89.4 Å². The number of aliphatic imine (C=N–C) groups is 2. The third kappa shape index (κ3) is 19.7. The van der Waals surface area contributed by atoms with Crippen molar-refractivity contribution in [2.24, 2.45) is 9.98 Å². The van der Waals surface area contributed by atoms with Gasteiger partial charge in [-0.05, 0) is 130 Å². The quantitative estimate of drug-likeness (QED) is 0.0362. The van der Waals surface area contributed by atoms with Crippen molar-refractivity contribution in [1.29, 1.82) is 0 Å². The van der Waals surface area contributed by atoms with Gasteiger partial charge in [0, 0.05) is 48.8 Å². The summed E-state index contributed by atoms with van der Waals surface area (Å²) in [4.78, 5) is 74.6. The maximum absolute atomic E-state index is 13.9. The van der Waals surface area contributed by atoms with Crippen LogP contribution < -0.4 is 38.2 Å². The molecule has 4 aliphatic rings. The molecule has 2 N–H and O–H groups in total. The van der Waals surface area contributed by atoms with Crippen LogP contribution in [0.1, 0.15) is 107 Å². The van der Waals surface area contributed by atoms with Gasteiger partial charge in [0.05, 0.1) is 89.1 Å². The Morgan fingerprint density at radius 1 is 0.505 bits per heavy atom. The fourth-order valence-corrected chi connectivity index (χ4v) is 10.9. The van der Waals surface area contributed by atoms with Crippen LogP contribution in [-0.2, 0) is 95.2 Å². The van der Waals surface area contributed by atoms with Gasteiger partial charge in [0.25, 0.3) is 21.9 Å². The van der Waals surface area contributed by atoms with Crippen LogP contribution in [0.4, 0.5) is 22.7 Å². The summed E-state index contributed by atoms with van der Waals surface area (Å²) in [7, 11) is 1.87. The van der Waals surface area contributed by atoms with Gasteiger partial charge in [-0.15, -0.1) is 0 Å². The van der Waals surface area contributed by atoms with Crippen LogP contribution >= 0.6 is 0 Å². The van der Waals surface area contributed by atoms with Gasteiger partial charge in [-0.2, -0.15) is 8.42 Å². The summed E-state index contributed by atoms with van der Waals surface area (Å²) in [5, 5.41) is 18.0. The number of anilines is 2. The van der Waals surface area contributed by atoms with Crippen molar-refractivity contribution in [3.05, 3.63) is 189 Å². The van der Waals surface area contributed by atoms with E-state index in [-0.39, 0.29) is 106 Å². The third-order valence-electron chi connectivity index (χ3n) is 15.1. The molecule has 0 spiro atoms. The molecular formula is C73H86N4O19S. The lowest BCUT2D eigenvalue weighted by Crippen LogP contribution is -2.37. The number of methoxy groups -OCH3 is 4. The third-order valence-corrected chi connectivity index (χ3v) is 15.6. The SMILES string of the molecule is C.C.C.C.CCc1cc(COS(C)(=O)=O)cc(OCC(=O)OC)c1.COC(=O)COc1cc(CO)cc(CO)c1.COC(=O)COc1cc(COc2cc3c(cc2C)C(=O)N2c4ccccc4C[C@H]2C=N3)cc(COc2cc3c(cc2OC)C(=O)N2c4ccccc4C[C@H]2C=N3)c1. The van der Waals surface area contributed by atoms with E-state index in [2.05, 4.69) is 9.47 Å². The summed E-state index contributed by atoms with van der Waals surface area (Å²) >= 11 is 0. The molecular weight excluding hydrogens is 1270 g/mol. The van der Waals surface area contributed by atoms with Crippen molar-refractivity contribution in [3.8, 4) is 34.5 Å². The number of hydrogen-bond donors (Lipinski definition) is 2. The van der Waals surface area contributed by atoms with E-state index >= 15 is 0 Å². The molecule has 4 aliphatic heterocycles. The molecule has 0 saturated heterocycles. The minimum atomic E-state index is -3.50. The lowest BCUT2D eigenvalue weighted by Gasteiger charge is -2.22. The van der Waals surface area contributed by atoms with E-state index in [1.165, 1.54) is 28.4 Å². The summed E-state index contributed by atoms with van der Waals surface area (Å²) < 4.78 is 75.0. The molecule has 7 aromatic rings. The predicted octanol–water partition coefficient (Wildman–Crippen LogP) is 11.3. The number of hydrogen-bond acceptors (Lipinski definition) is 21. The van der Waals surface area contributed by atoms with E-state index in [1.54, 1.807) is 65.6 Å². The fraction of sp³-hybridized carbons (Fsp3) is 0.329. The van der Waals surface area contributed by atoms with E-state index < -0.39 is 28.0 Å². The van der Waals surface area contributed by atoms with Gasteiger partial charge in [-0.1, -0.05) is 85.2 Å². The Kier molecular flexibility index (Phi) is 28.4. The Balaban J connectivity index is 0.000000351. The number of rotatable bonds is 22. The van der Waals surface area contributed by atoms with E-state index in [0.717, 1.165) is 57.4 Å². The number of ether oxygens (including phenoxy) is 9. The van der Waals surface area contributed by atoms with Gasteiger partial charge < -0.3 is 52.8 Å². The van der Waals surface area contributed by atoms with Crippen molar-refractivity contribution in [3.63, 3.8) is 0 Å². The van der Waals surface area contributed by atoms with Gasteiger partial charge in [-0.3, -0.25) is 33.6 Å². The number of carbonyl (C=O) groups excluding carboxylic acids is 5. The van der Waals surface area contributed by atoms with Gasteiger partial charge in [0.1, 0.15) is 36.2 Å². The van der Waals surface area contributed by atoms with E-state index in [1.807, 2.05) is 97.9 Å². The molecule has 0 saturated carbocycles. The van der Waals surface area contributed by atoms with Gasteiger partial charge >= 0.3 is 17.9 Å². The second-order valence-electron chi connectivity index (χ2n) is 21.6. The number of para-hydroxylation sites is 2. The predicted molar refractivity (Wildman–Crippen MR) is 370 cm³/mol. The molecule has 2 amide bonds. The zero-order chi connectivity index (χ0) is 66.3. The van der Waals surface area contributed by atoms with Crippen LogP contribution in [-0.4, -0.2) is 127 Å². The lowest BCUT2D eigenvalue weighted by molar-refractivity contribution is -0.143. The van der Waals surface area contributed by atoms with Crippen molar-refractivity contribution in [2.75, 3.05) is 64.3 Å². The average molecular weight is 1360 g/mol. The molecule has 4 heterocycles. The molecule has 2 atom stereocenters. The number of fused-ring (bicyclic) bond motifs is 8. The van der Waals surface area contributed by atoms with Gasteiger partial charge in [-0.25, -0.2) is 14.4 Å². The fourth-order valence-electron chi connectivity index (χ4n) is 10.6. The number of nitrogens with zero attached hydrogens (tertiary/aromatic N) is 4. The van der Waals surface area contributed by atoms with Crippen molar-refractivity contribution in [2.45, 2.75) is 108 Å². The number of aryl methyl sites for hydroxylation is 2.